The van der Waals surface area contributed by atoms with Crippen molar-refractivity contribution >= 4 is 11.8 Å². The molecule has 1 N–H and O–H groups in total. The Labute approximate surface area is 125 Å². The van der Waals surface area contributed by atoms with Crippen molar-refractivity contribution in [2.24, 2.45) is 0 Å². The summed E-state index contributed by atoms with van der Waals surface area (Å²) in [5.74, 6) is -0.0735. The van der Waals surface area contributed by atoms with Crippen LogP contribution in [0.4, 0.5) is 0 Å². The number of hydrogen-bond acceptors (Lipinski definition) is 3. The average Bonchev–Trinajstić information content (AvgIpc) is 2.80. The first-order valence-corrected chi connectivity index (χ1v) is 7.33. The third kappa shape index (κ3) is 4.86. The van der Waals surface area contributed by atoms with Crippen LogP contribution < -0.4 is 5.32 Å². The standard InChI is InChI=1S/C16H22N2O3/c1-18-10-9-14(16(18)20)17-15(19)8-5-11-21-12-13-6-3-2-4-7-13/h2-4,6-7,14H,5,8-12H2,1H3,(H,17,19). The SMILES string of the molecule is CN1CCC(NC(=O)CCCOCc2ccccc2)C1=O. The molecule has 1 atom stereocenters. The fraction of sp³-hybridized carbons (Fsp3) is 0.500. The van der Waals surface area contributed by atoms with Gasteiger partial charge >= 0.3 is 0 Å². The van der Waals surface area contributed by atoms with E-state index in [4.69, 9.17) is 4.74 Å². The highest BCUT2D eigenvalue weighted by Gasteiger charge is 2.29. The van der Waals surface area contributed by atoms with Gasteiger partial charge in [-0.1, -0.05) is 30.3 Å². The molecule has 114 valence electrons. The van der Waals surface area contributed by atoms with E-state index in [1.165, 1.54) is 0 Å². The first-order chi connectivity index (χ1) is 10.2. The molecule has 21 heavy (non-hydrogen) atoms. The van der Waals surface area contributed by atoms with Gasteiger partial charge in [0.1, 0.15) is 6.04 Å². The van der Waals surface area contributed by atoms with Crippen LogP contribution in [0, 0.1) is 0 Å². The number of amides is 2. The van der Waals surface area contributed by atoms with Crippen molar-refractivity contribution in [2.75, 3.05) is 20.2 Å². The summed E-state index contributed by atoms with van der Waals surface area (Å²) in [7, 11) is 1.76. The van der Waals surface area contributed by atoms with Crippen LogP contribution in [0.15, 0.2) is 30.3 Å². The van der Waals surface area contributed by atoms with Crippen LogP contribution in [-0.2, 0) is 20.9 Å². The van der Waals surface area contributed by atoms with Crippen molar-refractivity contribution in [3.63, 3.8) is 0 Å². The van der Waals surface area contributed by atoms with E-state index in [2.05, 4.69) is 5.32 Å². The molecule has 1 aliphatic rings. The number of hydrogen-bond donors (Lipinski definition) is 1. The monoisotopic (exact) mass is 290 g/mol. The van der Waals surface area contributed by atoms with Gasteiger partial charge in [-0.05, 0) is 18.4 Å². The summed E-state index contributed by atoms with van der Waals surface area (Å²) in [4.78, 5) is 25.1. The minimum atomic E-state index is -0.340. The van der Waals surface area contributed by atoms with Gasteiger partial charge in [-0.25, -0.2) is 0 Å². The van der Waals surface area contributed by atoms with E-state index in [0.717, 1.165) is 5.56 Å². The van der Waals surface area contributed by atoms with Gasteiger partial charge in [0.05, 0.1) is 6.61 Å². The van der Waals surface area contributed by atoms with E-state index in [1.54, 1.807) is 11.9 Å². The zero-order chi connectivity index (χ0) is 15.1. The molecular weight excluding hydrogens is 268 g/mol. The molecule has 1 aromatic carbocycles. The number of rotatable bonds is 7. The molecule has 2 rings (SSSR count). The van der Waals surface area contributed by atoms with E-state index < -0.39 is 0 Å². The summed E-state index contributed by atoms with van der Waals surface area (Å²) < 4.78 is 5.52. The van der Waals surface area contributed by atoms with Crippen molar-refractivity contribution in [3.8, 4) is 0 Å². The van der Waals surface area contributed by atoms with Crippen molar-refractivity contribution < 1.29 is 14.3 Å². The number of likely N-dealkylation sites (tertiary alicyclic amines) is 1. The van der Waals surface area contributed by atoms with Gasteiger partial charge in [0.2, 0.25) is 11.8 Å². The predicted octanol–water partition coefficient (Wildman–Crippen LogP) is 1.33. The van der Waals surface area contributed by atoms with Crippen LogP contribution in [0.5, 0.6) is 0 Å². The minimum Gasteiger partial charge on any atom is -0.377 e. The van der Waals surface area contributed by atoms with Gasteiger partial charge in [0, 0.05) is 26.6 Å². The largest absolute Gasteiger partial charge is 0.377 e. The smallest absolute Gasteiger partial charge is 0.244 e. The van der Waals surface area contributed by atoms with Gasteiger partial charge < -0.3 is 15.0 Å². The molecule has 5 heteroatoms. The number of nitrogens with zero attached hydrogens (tertiary/aromatic N) is 1. The molecule has 0 saturated carbocycles. The molecule has 2 amide bonds. The van der Waals surface area contributed by atoms with Crippen LogP contribution in [0.1, 0.15) is 24.8 Å². The second-order valence-corrected chi connectivity index (χ2v) is 5.31. The normalized spacial score (nSPS) is 18.0. The van der Waals surface area contributed by atoms with Crippen LogP contribution in [-0.4, -0.2) is 43.0 Å². The molecule has 0 aliphatic carbocycles. The number of carbonyl (C=O) groups is 2. The number of nitrogens with one attached hydrogen (secondary N) is 1. The van der Waals surface area contributed by atoms with Crippen molar-refractivity contribution in [3.05, 3.63) is 35.9 Å². The lowest BCUT2D eigenvalue weighted by molar-refractivity contribution is -0.131. The summed E-state index contributed by atoms with van der Waals surface area (Å²) >= 11 is 0. The topological polar surface area (TPSA) is 58.6 Å². The van der Waals surface area contributed by atoms with Crippen molar-refractivity contribution in [1.29, 1.82) is 0 Å². The second-order valence-electron chi connectivity index (χ2n) is 5.31. The lowest BCUT2D eigenvalue weighted by Crippen LogP contribution is -2.40. The summed E-state index contributed by atoms with van der Waals surface area (Å²) in [6, 6.07) is 9.59. The summed E-state index contributed by atoms with van der Waals surface area (Å²) in [5.41, 5.74) is 1.13. The zero-order valence-electron chi connectivity index (χ0n) is 12.4. The maximum Gasteiger partial charge on any atom is 0.244 e. The molecule has 5 nitrogen and oxygen atoms in total. The minimum absolute atomic E-state index is 0.00341. The molecule has 0 radical (unpaired) electrons. The quantitative estimate of drug-likeness (QED) is 0.771. The maximum atomic E-state index is 11.7. The molecule has 0 spiro atoms. The molecule has 1 heterocycles. The first-order valence-electron chi connectivity index (χ1n) is 7.33. The Hall–Kier alpha value is -1.88. The molecule has 1 unspecified atom stereocenters. The summed E-state index contributed by atoms with van der Waals surface area (Å²) in [5, 5.41) is 2.78. The van der Waals surface area contributed by atoms with E-state index >= 15 is 0 Å². The van der Waals surface area contributed by atoms with Gasteiger partial charge in [-0.3, -0.25) is 9.59 Å². The van der Waals surface area contributed by atoms with E-state index in [-0.39, 0.29) is 17.9 Å². The Balaban J connectivity index is 1.56. The molecule has 0 aromatic heterocycles. The van der Waals surface area contributed by atoms with Crippen molar-refractivity contribution in [2.45, 2.75) is 31.9 Å². The number of ether oxygens (including phenoxy) is 1. The van der Waals surface area contributed by atoms with Gasteiger partial charge in [-0.15, -0.1) is 0 Å². The molecule has 1 saturated heterocycles. The number of likely N-dealkylation sites (N-methyl/N-ethyl adjacent to an activating group) is 1. The Morgan fingerprint density at radius 1 is 1.38 bits per heavy atom. The average molecular weight is 290 g/mol. The van der Waals surface area contributed by atoms with Crippen LogP contribution in [0.2, 0.25) is 0 Å². The fourth-order valence-electron chi connectivity index (χ4n) is 2.32. The third-order valence-corrected chi connectivity index (χ3v) is 3.57. The van der Waals surface area contributed by atoms with Crippen LogP contribution in [0.25, 0.3) is 0 Å². The predicted molar refractivity (Wildman–Crippen MR) is 79.5 cm³/mol. The van der Waals surface area contributed by atoms with E-state index in [9.17, 15) is 9.59 Å². The van der Waals surface area contributed by atoms with E-state index in [0.29, 0.717) is 39.0 Å². The van der Waals surface area contributed by atoms with Crippen LogP contribution in [0.3, 0.4) is 0 Å². The summed E-state index contributed by atoms with van der Waals surface area (Å²) in [6.07, 6.45) is 1.75. The van der Waals surface area contributed by atoms with E-state index in [1.807, 2.05) is 30.3 Å². The highest BCUT2D eigenvalue weighted by atomic mass is 16.5. The second kappa shape index (κ2) is 7.78. The molecule has 0 bridgehead atoms. The molecule has 1 aromatic rings. The Kier molecular flexibility index (Phi) is 5.75. The highest BCUT2D eigenvalue weighted by molar-refractivity contribution is 5.88. The van der Waals surface area contributed by atoms with Gasteiger partial charge in [0.25, 0.3) is 0 Å². The lowest BCUT2D eigenvalue weighted by atomic mass is 10.2. The Bertz CT molecular complexity index is 476. The Morgan fingerprint density at radius 2 is 2.14 bits per heavy atom. The van der Waals surface area contributed by atoms with Crippen molar-refractivity contribution in [1.82, 2.24) is 10.2 Å². The zero-order valence-corrected chi connectivity index (χ0v) is 12.4. The highest BCUT2D eigenvalue weighted by Crippen LogP contribution is 2.09. The molecule has 1 aliphatic heterocycles. The summed E-state index contributed by atoms with van der Waals surface area (Å²) in [6.45, 7) is 1.82. The van der Waals surface area contributed by atoms with Gasteiger partial charge in [-0.2, -0.15) is 0 Å². The van der Waals surface area contributed by atoms with Crippen LogP contribution >= 0.6 is 0 Å². The molecular formula is C16H22N2O3. The Morgan fingerprint density at radius 3 is 2.81 bits per heavy atom. The number of benzene rings is 1. The van der Waals surface area contributed by atoms with Gasteiger partial charge in [0.15, 0.2) is 0 Å². The third-order valence-electron chi connectivity index (χ3n) is 3.57. The molecule has 1 fully saturated rings. The number of carbonyl (C=O) groups excluding carboxylic acids is 2. The maximum absolute atomic E-state index is 11.7. The lowest BCUT2D eigenvalue weighted by Gasteiger charge is -2.12. The first kappa shape index (κ1) is 15.5. The fourth-order valence-corrected chi connectivity index (χ4v) is 2.32.